The molecule has 0 spiro atoms. The number of benzene rings is 1. The van der Waals surface area contributed by atoms with Crippen LogP contribution < -0.4 is 10.3 Å². The van der Waals surface area contributed by atoms with Crippen LogP contribution in [0.2, 0.25) is 0 Å². The number of sulfonamides is 1. The molecule has 0 saturated carbocycles. The van der Waals surface area contributed by atoms with Crippen LogP contribution in [-0.2, 0) is 15.4 Å². The van der Waals surface area contributed by atoms with Crippen molar-refractivity contribution in [3.05, 3.63) is 59.9 Å². The summed E-state index contributed by atoms with van der Waals surface area (Å²) in [4.78, 5) is 6.53. The summed E-state index contributed by atoms with van der Waals surface area (Å²) in [7, 11) is -1.46. The van der Waals surface area contributed by atoms with Crippen molar-refractivity contribution in [3.63, 3.8) is 0 Å². The molecule has 1 aliphatic rings. The van der Waals surface area contributed by atoms with Crippen molar-refractivity contribution in [3.8, 4) is 0 Å². The predicted octanol–water partition coefficient (Wildman–Crippen LogP) is 3.82. The fourth-order valence-corrected chi connectivity index (χ4v) is 5.23. The fraction of sp³-hybridized carbons (Fsp3) is 0.364. The Morgan fingerprint density at radius 1 is 1.17 bits per heavy atom. The molecule has 30 heavy (non-hydrogen) atoms. The van der Waals surface area contributed by atoms with E-state index in [2.05, 4.69) is 59.5 Å². The number of para-hydroxylation sites is 1. The Hall–Kier alpha value is -2.71. The molecule has 7 nitrogen and oxygen atoms in total. The van der Waals surface area contributed by atoms with E-state index in [1.165, 1.54) is 21.8 Å². The van der Waals surface area contributed by atoms with E-state index >= 15 is 0 Å². The van der Waals surface area contributed by atoms with Gasteiger partial charge >= 0.3 is 0 Å². The Labute approximate surface area is 179 Å². The van der Waals surface area contributed by atoms with Gasteiger partial charge in [-0.2, -0.15) is 9.41 Å². The molecule has 0 bridgehead atoms. The summed E-state index contributed by atoms with van der Waals surface area (Å²) in [6.45, 7) is 8.86. The van der Waals surface area contributed by atoms with Gasteiger partial charge in [0.25, 0.3) is 0 Å². The van der Waals surface area contributed by atoms with Crippen molar-refractivity contribution in [2.24, 2.45) is 5.10 Å². The van der Waals surface area contributed by atoms with Crippen molar-refractivity contribution < 1.29 is 8.42 Å². The molecular formula is C22H29N5O2S. The maximum Gasteiger partial charge on any atom is 0.244 e. The zero-order valence-electron chi connectivity index (χ0n) is 18.1. The molecule has 1 aromatic carbocycles. The SMILES string of the molecule is CCN(CC)S(=O)(=O)c1ccc(N/N=C/C=C2/N(C)c3ccccc3C2(C)C)nc1. The predicted molar refractivity (Wildman–Crippen MR) is 122 cm³/mol. The number of likely N-dealkylation sites (N-methyl/N-ethyl adjacent to an activating group) is 1. The third-order valence-corrected chi connectivity index (χ3v) is 7.54. The molecule has 0 amide bonds. The van der Waals surface area contributed by atoms with Gasteiger partial charge in [-0.25, -0.2) is 13.4 Å². The third kappa shape index (κ3) is 3.97. The van der Waals surface area contributed by atoms with Crippen LogP contribution in [0.4, 0.5) is 11.5 Å². The number of fused-ring (bicyclic) bond motifs is 1. The smallest absolute Gasteiger partial charge is 0.244 e. The summed E-state index contributed by atoms with van der Waals surface area (Å²) in [6.07, 6.45) is 5.03. The van der Waals surface area contributed by atoms with Gasteiger partial charge in [-0.1, -0.05) is 45.9 Å². The van der Waals surface area contributed by atoms with Crippen LogP contribution in [-0.4, -0.2) is 44.1 Å². The van der Waals surface area contributed by atoms with Crippen LogP contribution in [0.5, 0.6) is 0 Å². The first-order chi connectivity index (χ1) is 14.2. The first kappa shape index (κ1) is 22.0. The average molecular weight is 428 g/mol. The minimum atomic E-state index is -3.51. The van der Waals surface area contributed by atoms with E-state index in [9.17, 15) is 8.42 Å². The molecule has 2 heterocycles. The summed E-state index contributed by atoms with van der Waals surface area (Å²) in [5.41, 5.74) is 6.36. The van der Waals surface area contributed by atoms with E-state index in [4.69, 9.17) is 0 Å². The van der Waals surface area contributed by atoms with Gasteiger partial charge in [-0.15, -0.1) is 0 Å². The van der Waals surface area contributed by atoms with Gasteiger partial charge in [0.05, 0.1) is 0 Å². The topological polar surface area (TPSA) is 77.9 Å². The molecule has 0 radical (unpaired) electrons. The molecule has 0 fully saturated rings. The fourth-order valence-electron chi connectivity index (χ4n) is 3.82. The van der Waals surface area contributed by atoms with E-state index < -0.39 is 10.0 Å². The second-order valence-corrected chi connectivity index (χ2v) is 9.55. The highest BCUT2D eigenvalue weighted by Crippen LogP contribution is 2.46. The second-order valence-electron chi connectivity index (χ2n) is 7.61. The van der Waals surface area contributed by atoms with Gasteiger partial charge in [0.1, 0.15) is 10.7 Å². The lowest BCUT2D eigenvalue weighted by atomic mass is 9.84. The van der Waals surface area contributed by atoms with Gasteiger partial charge < -0.3 is 4.90 Å². The number of anilines is 2. The van der Waals surface area contributed by atoms with Crippen LogP contribution in [0.15, 0.2) is 64.4 Å². The quantitative estimate of drug-likeness (QED) is 0.537. The molecule has 3 rings (SSSR count). The van der Waals surface area contributed by atoms with Gasteiger partial charge in [0, 0.05) is 49.3 Å². The zero-order valence-corrected chi connectivity index (χ0v) is 18.9. The summed E-state index contributed by atoms with van der Waals surface area (Å²) in [6, 6.07) is 11.5. The Kier molecular flexibility index (Phi) is 6.28. The van der Waals surface area contributed by atoms with Gasteiger partial charge in [0.15, 0.2) is 0 Å². The molecule has 8 heteroatoms. The number of aromatic nitrogens is 1. The number of rotatable bonds is 7. The number of hydrogen-bond donors (Lipinski definition) is 1. The highest BCUT2D eigenvalue weighted by atomic mass is 32.2. The molecule has 160 valence electrons. The van der Waals surface area contributed by atoms with E-state index in [-0.39, 0.29) is 10.3 Å². The lowest BCUT2D eigenvalue weighted by Crippen LogP contribution is -2.30. The van der Waals surface area contributed by atoms with E-state index in [0.717, 1.165) is 5.70 Å². The summed E-state index contributed by atoms with van der Waals surface area (Å²) in [5, 5.41) is 4.23. The lowest BCUT2D eigenvalue weighted by molar-refractivity contribution is 0.445. The third-order valence-electron chi connectivity index (χ3n) is 5.51. The van der Waals surface area contributed by atoms with Crippen LogP contribution in [0.1, 0.15) is 33.3 Å². The van der Waals surface area contributed by atoms with E-state index in [0.29, 0.717) is 18.9 Å². The van der Waals surface area contributed by atoms with Crippen molar-refractivity contribution in [2.75, 3.05) is 30.5 Å². The normalized spacial score (nSPS) is 17.1. The Morgan fingerprint density at radius 2 is 1.87 bits per heavy atom. The molecule has 0 saturated heterocycles. The Bertz CT molecular complexity index is 1060. The highest BCUT2D eigenvalue weighted by molar-refractivity contribution is 7.89. The molecule has 1 N–H and O–H groups in total. The lowest BCUT2D eigenvalue weighted by Gasteiger charge is -2.23. The highest BCUT2D eigenvalue weighted by Gasteiger charge is 2.37. The zero-order chi connectivity index (χ0) is 21.9. The number of allylic oxidation sites excluding steroid dienone is 2. The number of pyridine rings is 1. The van der Waals surface area contributed by atoms with Crippen LogP contribution in [0.25, 0.3) is 0 Å². The largest absolute Gasteiger partial charge is 0.347 e. The Balaban J connectivity index is 1.71. The van der Waals surface area contributed by atoms with Gasteiger partial charge in [-0.3, -0.25) is 5.43 Å². The molecule has 1 aromatic heterocycles. The second kappa shape index (κ2) is 8.57. The minimum absolute atomic E-state index is 0.115. The maximum atomic E-state index is 12.5. The van der Waals surface area contributed by atoms with Crippen molar-refractivity contribution in [1.82, 2.24) is 9.29 Å². The van der Waals surface area contributed by atoms with E-state index in [1.807, 2.05) is 26.0 Å². The standard InChI is InChI=1S/C22H29N5O2S/c1-6-27(7-2)30(28,29)17-12-13-21(23-16-17)25-24-15-14-20-22(3,4)18-10-8-9-11-19(18)26(20)5/h8-16H,6-7H2,1-5H3,(H,23,25)/b20-14+,24-15+. The van der Waals surface area contributed by atoms with Crippen molar-refractivity contribution >= 4 is 27.7 Å². The maximum absolute atomic E-state index is 12.5. The number of nitrogens with one attached hydrogen (secondary N) is 1. The minimum Gasteiger partial charge on any atom is -0.347 e. The Morgan fingerprint density at radius 3 is 2.47 bits per heavy atom. The van der Waals surface area contributed by atoms with Gasteiger partial charge in [0.2, 0.25) is 10.0 Å². The summed E-state index contributed by atoms with van der Waals surface area (Å²) in [5.74, 6) is 0.477. The average Bonchev–Trinajstić information content (AvgIpc) is 2.92. The van der Waals surface area contributed by atoms with Crippen LogP contribution >= 0.6 is 0 Å². The summed E-state index contributed by atoms with van der Waals surface area (Å²) < 4.78 is 26.4. The molecule has 0 aliphatic carbocycles. The number of nitrogens with zero attached hydrogens (tertiary/aromatic N) is 4. The van der Waals surface area contributed by atoms with Crippen molar-refractivity contribution in [1.29, 1.82) is 0 Å². The first-order valence-electron chi connectivity index (χ1n) is 10.0. The molecular weight excluding hydrogens is 398 g/mol. The number of hydrazone groups is 1. The summed E-state index contributed by atoms with van der Waals surface area (Å²) >= 11 is 0. The molecule has 0 unspecified atom stereocenters. The first-order valence-corrected chi connectivity index (χ1v) is 11.5. The van der Waals surface area contributed by atoms with Crippen LogP contribution in [0, 0.1) is 0 Å². The molecule has 1 aliphatic heterocycles. The van der Waals surface area contributed by atoms with Gasteiger partial charge in [-0.05, 0) is 29.8 Å². The molecule has 2 aromatic rings. The van der Waals surface area contributed by atoms with E-state index in [1.54, 1.807) is 18.3 Å². The van der Waals surface area contributed by atoms with Crippen LogP contribution in [0.3, 0.4) is 0 Å². The number of hydrogen-bond acceptors (Lipinski definition) is 6. The molecule has 0 atom stereocenters. The monoisotopic (exact) mass is 427 g/mol. The van der Waals surface area contributed by atoms with Crippen molar-refractivity contribution in [2.45, 2.75) is 38.0 Å².